The molecule has 0 heterocycles. The summed E-state index contributed by atoms with van der Waals surface area (Å²) in [4.78, 5) is 10.3. The Labute approximate surface area is 203 Å². The third-order valence-electron chi connectivity index (χ3n) is 3.65. The second kappa shape index (κ2) is 23.8. The molecule has 8 heteroatoms. The van der Waals surface area contributed by atoms with Gasteiger partial charge in [0.25, 0.3) is 0 Å². The zero-order chi connectivity index (χ0) is 19.4. The predicted molar refractivity (Wildman–Crippen MR) is 102 cm³/mol. The first-order chi connectivity index (χ1) is 11.8. The Hall–Kier alpha value is 0.716. The number of carboxylic acids is 1. The number of aliphatic carboxylic acids is 1. The van der Waals surface area contributed by atoms with Gasteiger partial charge in [0, 0.05) is 6.42 Å². The van der Waals surface area contributed by atoms with Crippen LogP contribution in [0.5, 0.6) is 0 Å². The molecule has 0 aliphatic heterocycles. The first-order valence-electron chi connectivity index (χ1n) is 9.34. The van der Waals surface area contributed by atoms with Crippen LogP contribution in [0.2, 0.25) is 0 Å². The van der Waals surface area contributed by atoms with Crippen LogP contribution in [0.3, 0.4) is 0 Å². The van der Waals surface area contributed by atoms with E-state index in [-0.39, 0.29) is 52.8 Å². The van der Waals surface area contributed by atoms with Crippen LogP contribution < -0.4 is 51.4 Å². The molecule has 0 aromatic carbocycles. The smallest absolute Gasteiger partial charge is 1.00 e. The van der Waals surface area contributed by atoms with Crippen LogP contribution in [0.4, 0.5) is 0 Å². The molecular formula is C18H37KO6S. The SMILES string of the molecule is CCCCCCCCC=CCCCCCCCC(=O)O.O=S(=O)(O)O.[H-].[K+]. The summed E-state index contributed by atoms with van der Waals surface area (Å²) in [7, 11) is -4.67. The maximum atomic E-state index is 10.3. The van der Waals surface area contributed by atoms with Crippen LogP contribution in [0.1, 0.15) is 98.2 Å². The van der Waals surface area contributed by atoms with Crippen molar-refractivity contribution in [2.24, 2.45) is 0 Å². The van der Waals surface area contributed by atoms with E-state index >= 15 is 0 Å². The van der Waals surface area contributed by atoms with Gasteiger partial charge in [-0.2, -0.15) is 8.42 Å². The van der Waals surface area contributed by atoms with Crippen molar-refractivity contribution in [1.82, 2.24) is 0 Å². The normalized spacial score (nSPS) is 10.9. The molecule has 0 saturated carbocycles. The molecule has 6 nitrogen and oxygen atoms in total. The summed E-state index contributed by atoms with van der Waals surface area (Å²) in [5.74, 6) is -0.664. The topological polar surface area (TPSA) is 112 Å². The minimum absolute atomic E-state index is 0. The van der Waals surface area contributed by atoms with Crippen molar-refractivity contribution in [3.05, 3.63) is 12.2 Å². The number of rotatable bonds is 15. The van der Waals surface area contributed by atoms with Crippen molar-refractivity contribution in [1.29, 1.82) is 0 Å². The minimum atomic E-state index is -4.67. The number of hydrogen-bond donors (Lipinski definition) is 3. The van der Waals surface area contributed by atoms with E-state index in [0.717, 1.165) is 12.8 Å². The van der Waals surface area contributed by atoms with Gasteiger partial charge in [0.1, 0.15) is 0 Å². The van der Waals surface area contributed by atoms with E-state index in [1.54, 1.807) is 0 Å². The summed E-state index contributed by atoms with van der Waals surface area (Å²) in [6.07, 6.45) is 21.2. The summed E-state index contributed by atoms with van der Waals surface area (Å²) in [5, 5.41) is 8.51. The Morgan fingerprint density at radius 1 is 0.808 bits per heavy atom. The molecule has 152 valence electrons. The van der Waals surface area contributed by atoms with Crippen LogP contribution in [-0.2, 0) is 15.2 Å². The van der Waals surface area contributed by atoms with Gasteiger partial charge in [-0.1, -0.05) is 70.4 Å². The quantitative estimate of drug-likeness (QED) is 0.162. The zero-order valence-corrected chi connectivity index (χ0v) is 20.5. The van der Waals surface area contributed by atoms with Gasteiger partial charge < -0.3 is 6.53 Å². The van der Waals surface area contributed by atoms with E-state index in [1.165, 1.54) is 70.6 Å². The number of carbonyl (C=O) groups is 1. The van der Waals surface area contributed by atoms with Crippen LogP contribution in [-0.4, -0.2) is 28.6 Å². The number of hydrogen-bond acceptors (Lipinski definition) is 3. The van der Waals surface area contributed by atoms with E-state index in [9.17, 15) is 4.79 Å². The standard InChI is InChI=1S/C18H34O2.K.H2O4S.H/c1-2-3-4-5-6-7-8-9-10-11-12-13-14-15-16-17-18(19)20;;1-5(2,3)4;/h9-10H,2-8,11-17H2,1H3,(H,19,20);;(H2,1,2,3,4);/q;+1;;-1. The van der Waals surface area contributed by atoms with Crippen molar-refractivity contribution in [2.45, 2.75) is 96.8 Å². The Morgan fingerprint density at radius 3 is 1.54 bits per heavy atom. The second-order valence-electron chi connectivity index (χ2n) is 6.18. The Kier molecular flexibility index (Phi) is 28.7. The molecular weight excluding hydrogens is 383 g/mol. The zero-order valence-electron chi connectivity index (χ0n) is 17.5. The Bertz CT molecular complexity index is 422. The summed E-state index contributed by atoms with van der Waals surface area (Å²) in [5.41, 5.74) is 0. The maximum Gasteiger partial charge on any atom is 1.00 e. The third-order valence-corrected chi connectivity index (χ3v) is 3.65. The van der Waals surface area contributed by atoms with Gasteiger partial charge in [0.15, 0.2) is 0 Å². The fraction of sp³-hybridized carbons (Fsp3) is 0.833. The largest absolute Gasteiger partial charge is 1.00 e. The fourth-order valence-electron chi connectivity index (χ4n) is 2.35. The van der Waals surface area contributed by atoms with E-state index in [4.69, 9.17) is 22.6 Å². The molecule has 0 unspecified atom stereocenters. The molecule has 0 rings (SSSR count). The average Bonchev–Trinajstić information content (AvgIpc) is 2.49. The molecule has 0 aliphatic carbocycles. The second-order valence-corrected chi connectivity index (χ2v) is 7.07. The van der Waals surface area contributed by atoms with E-state index < -0.39 is 16.4 Å². The van der Waals surface area contributed by atoms with Crippen LogP contribution in [0, 0.1) is 0 Å². The van der Waals surface area contributed by atoms with Crippen molar-refractivity contribution in [3.8, 4) is 0 Å². The number of allylic oxidation sites excluding steroid dienone is 2. The van der Waals surface area contributed by atoms with E-state index in [0.29, 0.717) is 6.42 Å². The fourth-order valence-corrected chi connectivity index (χ4v) is 2.35. The molecule has 0 saturated heterocycles. The molecule has 0 fully saturated rings. The molecule has 3 N–H and O–H groups in total. The van der Waals surface area contributed by atoms with Crippen molar-refractivity contribution < 1.29 is 80.2 Å². The first-order valence-corrected chi connectivity index (χ1v) is 10.7. The average molecular weight is 421 g/mol. The molecule has 26 heavy (non-hydrogen) atoms. The van der Waals surface area contributed by atoms with Gasteiger partial charge in [0.05, 0.1) is 0 Å². The van der Waals surface area contributed by atoms with Crippen LogP contribution in [0.25, 0.3) is 0 Å². The van der Waals surface area contributed by atoms with Crippen molar-refractivity contribution in [3.63, 3.8) is 0 Å². The number of unbranched alkanes of at least 4 members (excludes halogenated alkanes) is 11. The summed E-state index contributed by atoms with van der Waals surface area (Å²) in [6, 6.07) is 0. The van der Waals surface area contributed by atoms with E-state index in [2.05, 4.69) is 19.1 Å². The molecule has 0 spiro atoms. The monoisotopic (exact) mass is 420 g/mol. The number of carboxylic acid groups (broad SMARTS) is 1. The third kappa shape index (κ3) is 44.3. The Morgan fingerprint density at radius 2 is 1.15 bits per heavy atom. The van der Waals surface area contributed by atoms with Gasteiger partial charge in [-0.25, -0.2) is 0 Å². The maximum absolute atomic E-state index is 10.3. The summed E-state index contributed by atoms with van der Waals surface area (Å²) >= 11 is 0. The van der Waals surface area contributed by atoms with Gasteiger partial charge in [0.2, 0.25) is 0 Å². The summed E-state index contributed by atoms with van der Waals surface area (Å²) in [6.45, 7) is 2.26. The molecule has 0 aromatic heterocycles. The van der Waals surface area contributed by atoms with Gasteiger partial charge >= 0.3 is 67.8 Å². The minimum Gasteiger partial charge on any atom is -1.00 e. The molecule has 0 aromatic rings. The van der Waals surface area contributed by atoms with Gasteiger partial charge in [-0.3, -0.25) is 13.9 Å². The summed E-state index contributed by atoms with van der Waals surface area (Å²) < 4.78 is 31.6. The molecule has 0 amide bonds. The van der Waals surface area contributed by atoms with E-state index in [1.807, 2.05) is 0 Å². The molecule has 0 bridgehead atoms. The van der Waals surface area contributed by atoms with Gasteiger partial charge in [-0.05, 0) is 32.1 Å². The molecule has 0 radical (unpaired) electrons. The predicted octanol–water partition coefficient (Wildman–Crippen LogP) is 2.57. The van der Waals surface area contributed by atoms with Crippen molar-refractivity contribution in [2.75, 3.05) is 0 Å². The van der Waals surface area contributed by atoms with Gasteiger partial charge in [-0.15, -0.1) is 0 Å². The Balaban J connectivity index is -0.000000333. The molecule has 0 atom stereocenters. The van der Waals surface area contributed by atoms with Crippen LogP contribution >= 0.6 is 0 Å². The molecule has 0 aliphatic rings. The van der Waals surface area contributed by atoms with Crippen molar-refractivity contribution >= 4 is 16.4 Å². The first kappa shape index (κ1) is 31.4. The van der Waals surface area contributed by atoms with Crippen LogP contribution in [0.15, 0.2) is 12.2 Å².